The van der Waals surface area contributed by atoms with Crippen molar-refractivity contribution in [2.24, 2.45) is 11.7 Å². The minimum atomic E-state index is -0.426. The topological polar surface area (TPSA) is 69.8 Å². The van der Waals surface area contributed by atoms with E-state index in [4.69, 9.17) is 5.73 Å². The van der Waals surface area contributed by atoms with Crippen molar-refractivity contribution in [3.05, 3.63) is 0 Å². The second-order valence-electron chi connectivity index (χ2n) is 5.65. The number of carbonyl (C=O) groups is 1. The molecule has 1 aliphatic rings. The molecule has 0 saturated carbocycles. The Balaban J connectivity index is 2.28. The van der Waals surface area contributed by atoms with E-state index in [2.05, 4.69) is 11.8 Å². The molecule has 1 unspecified atom stereocenters. The van der Waals surface area contributed by atoms with Gasteiger partial charge in [-0.1, -0.05) is 6.92 Å². The summed E-state index contributed by atoms with van der Waals surface area (Å²) in [5, 5.41) is 10.0. The van der Waals surface area contributed by atoms with E-state index in [-0.39, 0.29) is 11.9 Å². The number of nitrogens with two attached hydrogens (primary N) is 1. The molecule has 1 heterocycles. The summed E-state index contributed by atoms with van der Waals surface area (Å²) in [6.45, 7) is 7.33. The molecule has 1 saturated heterocycles. The van der Waals surface area contributed by atoms with Crippen molar-refractivity contribution in [3.63, 3.8) is 0 Å². The Bertz CT molecular complexity index is 265. The highest BCUT2D eigenvalue weighted by molar-refractivity contribution is 5.79. The van der Waals surface area contributed by atoms with Crippen molar-refractivity contribution in [1.29, 1.82) is 0 Å². The van der Waals surface area contributed by atoms with Crippen LogP contribution in [0.15, 0.2) is 0 Å². The molecule has 106 valence electrons. The smallest absolute Gasteiger partial charge is 0.234 e. The first-order valence-electron chi connectivity index (χ1n) is 6.80. The van der Waals surface area contributed by atoms with Gasteiger partial charge in [-0.15, -0.1) is 0 Å². The minimum Gasteiger partial charge on any atom is -0.390 e. The zero-order chi connectivity index (χ0) is 13.7. The maximum absolute atomic E-state index is 11.0. The Morgan fingerprint density at radius 2 is 2.06 bits per heavy atom. The second-order valence-corrected chi connectivity index (χ2v) is 5.65. The zero-order valence-electron chi connectivity index (χ0n) is 11.8. The van der Waals surface area contributed by atoms with E-state index >= 15 is 0 Å². The highest BCUT2D eigenvalue weighted by Gasteiger charge is 2.21. The van der Waals surface area contributed by atoms with Gasteiger partial charge in [-0.3, -0.25) is 9.69 Å². The first-order valence-corrected chi connectivity index (χ1v) is 6.80. The van der Waals surface area contributed by atoms with Crippen LogP contribution in [0.1, 0.15) is 26.7 Å². The van der Waals surface area contributed by atoms with E-state index < -0.39 is 6.10 Å². The number of amides is 1. The summed E-state index contributed by atoms with van der Waals surface area (Å²) in [6.07, 6.45) is 1.99. The average Bonchev–Trinajstić information content (AvgIpc) is 2.30. The Kier molecular flexibility index (Phi) is 6.05. The van der Waals surface area contributed by atoms with Gasteiger partial charge < -0.3 is 15.7 Å². The van der Waals surface area contributed by atoms with Crippen LogP contribution in [0.25, 0.3) is 0 Å². The third kappa shape index (κ3) is 4.92. The standard InChI is InChI=1S/C13H27N3O2/c1-10-4-6-16(7-5-10)9-12(17)8-15(3)11(2)13(14)18/h10-12,17H,4-9H2,1-3H3,(H2,14,18)/t11-,12?/m1/s1. The lowest BCUT2D eigenvalue weighted by atomic mass is 9.99. The van der Waals surface area contributed by atoms with Crippen molar-refractivity contribution < 1.29 is 9.90 Å². The number of aliphatic hydroxyl groups excluding tert-OH is 1. The molecule has 0 aliphatic carbocycles. The Hall–Kier alpha value is -0.650. The summed E-state index contributed by atoms with van der Waals surface area (Å²) in [7, 11) is 1.82. The van der Waals surface area contributed by atoms with Crippen molar-refractivity contribution >= 4 is 5.91 Å². The van der Waals surface area contributed by atoms with Gasteiger partial charge in [-0.05, 0) is 45.8 Å². The summed E-state index contributed by atoms with van der Waals surface area (Å²) >= 11 is 0. The summed E-state index contributed by atoms with van der Waals surface area (Å²) in [6, 6.07) is -0.332. The van der Waals surface area contributed by atoms with Crippen LogP contribution in [-0.2, 0) is 4.79 Å². The van der Waals surface area contributed by atoms with E-state index in [0.717, 1.165) is 19.0 Å². The van der Waals surface area contributed by atoms with E-state index in [0.29, 0.717) is 13.1 Å². The summed E-state index contributed by atoms with van der Waals surface area (Å²) in [5.74, 6) is 0.451. The van der Waals surface area contributed by atoms with Crippen molar-refractivity contribution in [2.45, 2.75) is 38.8 Å². The van der Waals surface area contributed by atoms with Gasteiger partial charge in [0.05, 0.1) is 12.1 Å². The molecular formula is C13H27N3O2. The molecule has 1 aliphatic heterocycles. The number of likely N-dealkylation sites (tertiary alicyclic amines) is 1. The van der Waals surface area contributed by atoms with Crippen LogP contribution >= 0.6 is 0 Å². The summed E-state index contributed by atoms with van der Waals surface area (Å²) in [5.41, 5.74) is 5.24. The number of β-amino-alcohol motifs (C(OH)–C–C–N with tert-alkyl or cyclic N) is 1. The molecule has 0 aromatic heterocycles. The molecule has 0 spiro atoms. The molecule has 1 fully saturated rings. The quantitative estimate of drug-likeness (QED) is 0.696. The molecule has 0 bridgehead atoms. The van der Waals surface area contributed by atoms with Crippen LogP contribution in [0, 0.1) is 5.92 Å². The van der Waals surface area contributed by atoms with Crippen molar-refractivity contribution in [2.75, 3.05) is 33.2 Å². The average molecular weight is 257 g/mol. The molecule has 0 aromatic rings. The SMILES string of the molecule is CC1CCN(CC(O)CN(C)[C@H](C)C(N)=O)CC1. The van der Waals surface area contributed by atoms with Gasteiger partial charge in [-0.2, -0.15) is 0 Å². The van der Waals surface area contributed by atoms with Crippen LogP contribution in [0.2, 0.25) is 0 Å². The predicted molar refractivity (Wildman–Crippen MR) is 72.1 cm³/mol. The Morgan fingerprint density at radius 3 is 2.56 bits per heavy atom. The van der Waals surface area contributed by atoms with Crippen molar-refractivity contribution in [1.82, 2.24) is 9.80 Å². The fourth-order valence-electron chi connectivity index (χ4n) is 2.31. The van der Waals surface area contributed by atoms with E-state index in [1.54, 1.807) is 11.8 Å². The first kappa shape index (κ1) is 15.4. The minimum absolute atomic E-state index is 0.332. The van der Waals surface area contributed by atoms with Crippen LogP contribution in [0.5, 0.6) is 0 Å². The number of carbonyl (C=O) groups excluding carboxylic acids is 1. The number of rotatable bonds is 6. The lowest BCUT2D eigenvalue weighted by Crippen LogP contribution is -2.47. The number of piperidine rings is 1. The van der Waals surface area contributed by atoms with Gasteiger partial charge in [0.2, 0.25) is 5.91 Å². The van der Waals surface area contributed by atoms with Crippen LogP contribution < -0.4 is 5.73 Å². The van der Waals surface area contributed by atoms with Gasteiger partial charge in [0, 0.05) is 13.1 Å². The fourth-order valence-corrected chi connectivity index (χ4v) is 2.31. The number of hydrogen-bond acceptors (Lipinski definition) is 4. The van der Waals surface area contributed by atoms with Crippen LogP contribution in [-0.4, -0.2) is 66.2 Å². The molecule has 0 aromatic carbocycles. The molecule has 1 rings (SSSR count). The monoisotopic (exact) mass is 257 g/mol. The first-order chi connectivity index (χ1) is 8.40. The van der Waals surface area contributed by atoms with E-state index in [9.17, 15) is 9.90 Å². The number of nitrogens with zero attached hydrogens (tertiary/aromatic N) is 2. The van der Waals surface area contributed by atoms with Gasteiger partial charge in [-0.25, -0.2) is 0 Å². The van der Waals surface area contributed by atoms with Gasteiger partial charge >= 0.3 is 0 Å². The Labute approximate surface area is 110 Å². The largest absolute Gasteiger partial charge is 0.390 e. The van der Waals surface area contributed by atoms with E-state index in [1.807, 2.05) is 7.05 Å². The van der Waals surface area contributed by atoms with Crippen LogP contribution in [0.4, 0.5) is 0 Å². The molecule has 0 radical (unpaired) electrons. The molecule has 5 nitrogen and oxygen atoms in total. The highest BCUT2D eigenvalue weighted by Crippen LogP contribution is 2.16. The van der Waals surface area contributed by atoms with Gasteiger partial charge in [0.1, 0.15) is 0 Å². The third-order valence-corrected chi connectivity index (χ3v) is 3.92. The fraction of sp³-hybridized carbons (Fsp3) is 0.923. The zero-order valence-corrected chi connectivity index (χ0v) is 11.8. The summed E-state index contributed by atoms with van der Waals surface area (Å²) in [4.78, 5) is 15.1. The second kappa shape index (κ2) is 7.07. The highest BCUT2D eigenvalue weighted by atomic mass is 16.3. The molecular weight excluding hydrogens is 230 g/mol. The van der Waals surface area contributed by atoms with Gasteiger partial charge in [0.15, 0.2) is 0 Å². The Morgan fingerprint density at radius 1 is 1.50 bits per heavy atom. The predicted octanol–water partition coefficient (Wildman–Crippen LogP) is -0.115. The molecule has 5 heteroatoms. The lowest BCUT2D eigenvalue weighted by molar-refractivity contribution is -0.122. The summed E-state index contributed by atoms with van der Waals surface area (Å²) < 4.78 is 0. The number of likely N-dealkylation sites (N-methyl/N-ethyl adjacent to an activating group) is 1. The number of primary amides is 1. The van der Waals surface area contributed by atoms with E-state index in [1.165, 1.54) is 12.8 Å². The molecule has 1 amide bonds. The molecule has 18 heavy (non-hydrogen) atoms. The number of hydrogen-bond donors (Lipinski definition) is 2. The maximum atomic E-state index is 11.0. The normalized spacial score (nSPS) is 22.1. The maximum Gasteiger partial charge on any atom is 0.234 e. The lowest BCUT2D eigenvalue weighted by Gasteiger charge is -2.33. The molecule has 2 atom stereocenters. The molecule has 3 N–H and O–H groups in total. The number of aliphatic hydroxyl groups is 1. The third-order valence-electron chi connectivity index (χ3n) is 3.92. The van der Waals surface area contributed by atoms with Crippen molar-refractivity contribution in [3.8, 4) is 0 Å². The van der Waals surface area contributed by atoms with Crippen LogP contribution in [0.3, 0.4) is 0 Å². The van der Waals surface area contributed by atoms with Gasteiger partial charge in [0.25, 0.3) is 0 Å².